The zero-order valence-electron chi connectivity index (χ0n) is 23.7. The molecule has 0 aliphatic carbocycles. The normalized spacial score (nSPS) is 17.9. The third-order valence-corrected chi connectivity index (χ3v) is 6.82. The standard InChI is InChI=1S/C13H14N2OS.C11H23N3O.2C2H6/c1-2-15-8-9(16)7-11(15)13-14-10-5-3-4-6-12(10)17-13;1-7(2)9(5)14(13)6-10(12)11(15)8(3)4;2*1-2/h2-6,9,11,16H,1,7-8H2;6-9H,12-13H2,1-5H3;2*1-2H3/b;10-6-;;. The van der Waals surface area contributed by atoms with Gasteiger partial charge in [0.25, 0.3) is 0 Å². The van der Waals surface area contributed by atoms with Crippen LogP contribution in [0.4, 0.5) is 0 Å². The number of aromatic nitrogens is 1. The van der Waals surface area contributed by atoms with Gasteiger partial charge in [0.05, 0.1) is 28.1 Å². The van der Waals surface area contributed by atoms with Crippen LogP contribution in [0.25, 0.3) is 10.2 Å². The summed E-state index contributed by atoms with van der Waals surface area (Å²) < 4.78 is 1.20. The van der Waals surface area contributed by atoms with E-state index in [0.717, 1.165) is 16.9 Å². The Balaban J connectivity index is 0.000000604. The highest BCUT2D eigenvalue weighted by molar-refractivity contribution is 7.18. The number of hydrogen-bond donors (Lipinski definition) is 3. The van der Waals surface area contributed by atoms with Gasteiger partial charge in [0.2, 0.25) is 0 Å². The number of β-amino-alcohol motifs (C(OH)–C–C–N with tert-alkyl or cyclic N) is 1. The molecule has 5 N–H and O–H groups in total. The molecular weight excluding hydrogens is 470 g/mol. The molecule has 3 rings (SSSR count). The van der Waals surface area contributed by atoms with E-state index >= 15 is 0 Å². The molecule has 2 aromatic rings. The van der Waals surface area contributed by atoms with Crippen LogP contribution in [0.15, 0.2) is 48.9 Å². The highest BCUT2D eigenvalue weighted by Crippen LogP contribution is 2.36. The van der Waals surface area contributed by atoms with E-state index in [1.54, 1.807) is 17.5 Å². The van der Waals surface area contributed by atoms with Crippen molar-refractivity contribution in [3.05, 3.63) is 53.9 Å². The maximum atomic E-state index is 11.5. The number of rotatable bonds is 7. The molecule has 1 fully saturated rings. The van der Waals surface area contributed by atoms with E-state index in [2.05, 4.69) is 36.4 Å². The average molecular weight is 520 g/mol. The summed E-state index contributed by atoms with van der Waals surface area (Å²) >= 11 is 1.70. The second-order valence-electron chi connectivity index (χ2n) is 8.84. The van der Waals surface area contributed by atoms with Crippen LogP contribution < -0.4 is 11.6 Å². The minimum atomic E-state index is -0.273. The maximum absolute atomic E-state index is 11.5. The zero-order chi connectivity index (χ0) is 28.0. The fraction of sp³-hybridized carbons (Fsp3) is 0.571. The van der Waals surface area contributed by atoms with Crippen LogP contribution in [0.3, 0.4) is 0 Å². The molecule has 0 bridgehead atoms. The van der Waals surface area contributed by atoms with Crippen molar-refractivity contribution in [3.8, 4) is 0 Å². The van der Waals surface area contributed by atoms with E-state index < -0.39 is 0 Å². The third-order valence-electron chi connectivity index (χ3n) is 5.68. The summed E-state index contributed by atoms with van der Waals surface area (Å²) in [5.74, 6) is 6.03. The molecule has 36 heavy (non-hydrogen) atoms. The Morgan fingerprint density at radius 3 is 2.28 bits per heavy atom. The predicted octanol–water partition coefficient (Wildman–Crippen LogP) is 5.83. The summed E-state index contributed by atoms with van der Waals surface area (Å²) in [5.41, 5.74) is 6.91. The number of benzene rings is 1. The number of aliphatic hydroxyl groups excluding tert-OH is 1. The van der Waals surface area contributed by atoms with Crippen LogP contribution in [-0.2, 0) is 4.79 Å². The fourth-order valence-corrected chi connectivity index (χ4v) is 4.44. The van der Waals surface area contributed by atoms with E-state index in [1.165, 1.54) is 15.9 Å². The number of nitrogens with two attached hydrogens (primary N) is 2. The van der Waals surface area contributed by atoms with Gasteiger partial charge in [-0.25, -0.2) is 10.8 Å². The monoisotopic (exact) mass is 519 g/mol. The number of carbonyl (C=O) groups is 1. The van der Waals surface area contributed by atoms with E-state index in [9.17, 15) is 9.90 Å². The second-order valence-corrected chi connectivity index (χ2v) is 9.90. The number of allylic oxidation sites excluding steroid dienone is 1. The fourth-order valence-electron chi connectivity index (χ4n) is 3.33. The molecule has 1 aliphatic heterocycles. The molecule has 2 heterocycles. The van der Waals surface area contributed by atoms with Gasteiger partial charge in [0.15, 0.2) is 5.78 Å². The topological polar surface area (TPSA) is 109 Å². The summed E-state index contributed by atoms with van der Waals surface area (Å²) in [6.07, 6.45) is 3.79. The highest BCUT2D eigenvalue weighted by Gasteiger charge is 2.31. The van der Waals surface area contributed by atoms with Gasteiger partial charge in [-0.15, -0.1) is 11.3 Å². The minimum Gasteiger partial charge on any atom is -0.395 e. The first-order valence-electron chi connectivity index (χ1n) is 13.0. The first-order chi connectivity index (χ1) is 17.0. The minimum absolute atomic E-state index is 0.0681. The Bertz CT molecular complexity index is 908. The lowest BCUT2D eigenvalue weighted by atomic mass is 10.1. The average Bonchev–Trinajstić information content (AvgIpc) is 3.48. The summed E-state index contributed by atoms with van der Waals surface area (Å²) in [5, 5.41) is 12.3. The van der Waals surface area contributed by atoms with Crippen LogP contribution in [0.5, 0.6) is 0 Å². The largest absolute Gasteiger partial charge is 0.395 e. The van der Waals surface area contributed by atoms with Crippen molar-refractivity contribution in [1.82, 2.24) is 14.9 Å². The van der Waals surface area contributed by atoms with Gasteiger partial charge >= 0.3 is 0 Å². The number of thiazole rings is 1. The Hall–Kier alpha value is -2.42. The van der Waals surface area contributed by atoms with E-state index in [0.29, 0.717) is 12.5 Å². The van der Waals surface area contributed by atoms with Crippen molar-refractivity contribution in [2.75, 3.05) is 6.54 Å². The molecule has 0 spiro atoms. The lowest BCUT2D eigenvalue weighted by Gasteiger charge is -2.26. The van der Waals surface area contributed by atoms with Crippen molar-refractivity contribution in [1.29, 1.82) is 0 Å². The van der Waals surface area contributed by atoms with Crippen LogP contribution in [0, 0.1) is 11.8 Å². The van der Waals surface area contributed by atoms with E-state index in [1.807, 2.05) is 66.7 Å². The van der Waals surface area contributed by atoms with Gasteiger partial charge in [0.1, 0.15) is 5.01 Å². The van der Waals surface area contributed by atoms with Crippen LogP contribution in [-0.4, -0.2) is 44.5 Å². The number of hydrazine groups is 1. The van der Waals surface area contributed by atoms with Crippen molar-refractivity contribution in [2.45, 2.75) is 86.9 Å². The number of nitrogens with zero attached hydrogens (tertiary/aromatic N) is 3. The highest BCUT2D eigenvalue weighted by atomic mass is 32.1. The number of ketones is 1. The lowest BCUT2D eigenvalue weighted by molar-refractivity contribution is -0.118. The van der Waals surface area contributed by atoms with Gasteiger partial charge in [0, 0.05) is 31.1 Å². The van der Waals surface area contributed by atoms with Crippen molar-refractivity contribution in [3.63, 3.8) is 0 Å². The Morgan fingerprint density at radius 1 is 1.19 bits per heavy atom. The summed E-state index contributed by atoms with van der Waals surface area (Å²) in [4.78, 5) is 18.2. The molecule has 0 radical (unpaired) electrons. The molecular formula is C28H49N5O2S. The summed E-state index contributed by atoms with van der Waals surface area (Å²) in [7, 11) is 0. The predicted molar refractivity (Wildman–Crippen MR) is 155 cm³/mol. The van der Waals surface area contributed by atoms with Crippen molar-refractivity contribution in [2.24, 2.45) is 23.4 Å². The molecule has 1 aromatic heterocycles. The van der Waals surface area contributed by atoms with Gasteiger partial charge in [-0.1, -0.05) is 74.1 Å². The van der Waals surface area contributed by atoms with Crippen LogP contribution in [0.2, 0.25) is 0 Å². The molecule has 1 saturated heterocycles. The number of Topliss-reactive ketones (excluding diaryl/α,β-unsaturated/α-hetero) is 1. The summed E-state index contributed by atoms with van der Waals surface area (Å²) in [6, 6.07) is 8.47. The molecule has 0 amide bonds. The molecule has 3 atom stereocenters. The number of fused-ring (bicyclic) bond motifs is 1. The maximum Gasteiger partial charge on any atom is 0.182 e. The van der Waals surface area contributed by atoms with Gasteiger partial charge in [-0.2, -0.15) is 0 Å². The number of carbonyl (C=O) groups excluding carboxylic acids is 1. The summed E-state index contributed by atoms with van der Waals surface area (Å²) in [6.45, 7) is 22.2. The molecule has 7 nitrogen and oxygen atoms in total. The first-order valence-corrected chi connectivity index (χ1v) is 13.8. The Labute approximate surface area is 222 Å². The van der Waals surface area contributed by atoms with Crippen molar-refractivity contribution >= 4 is 27.3 Å². The van der Waals surface area contributed by atoms with Crippen LogP contribution in [0.1, 0.15) is 79.8 Å². The van der Waals surface area contributed by atoms with E-state index in [4.69, 9.17) is 11.6 Å². The quantitative estimate of drug-likeness (QED) is 0.240. The number of likely N-dealkylation sites (tertiary alicyclic amines) is 1. The van der Waals surface area contributed by atoms with Gasteiger partial charge < -0.3 is 20.7 Å². The molecule has 0 saturated carbocycles. The van der Waals surface area contributed by atoms with E-state index in [-0.39, 0.29) is 35.6 Å². The van der Waals surface area contributed by atoms with Crippen LogP contribution >= 0.6 is 11.3 Å². The zero-order valence-corrected chi connectivity index (χ0v) is 24.5. The molecule has 204 valence electrons. The van der Waals surface area contributed by atoms with Gasteiger partial charge in [-0.05, 0) is 31.2 Å². The first kappa shape index (κ1) is 33.6. The van der Waals surface area contributed by atoms with Gasteiger partial charge in [-0.3, -0.25) is 4.79 Å². The Morgan fingerprint density at radius 2 is 1.78 bits per heavy atom. The SMILES string of the molecule is C=CN1CC(O)CC1c1nc2ccccc2s1.CC.CC.CC(C)C(=O)/C(N)=C/N(N)C(C)C(C)C. The lowest BCUT2D eigenvalue weighted by Crippen LogP contribution is -2.39. The number of aliphatic hydroxyl groups is 1. The molecule has 3 unspecified atom stereocenters. The molecule has 1 aliphatic rings. The number of hydrogen-bond acceptors (Lipinski definition) is 8. The second kappa shape index (κ2) is 17.1. The molecule has 8 heteroatoms. The van der Waals surface area contributed by atoms with Crippen molar-refractivity contribution < 1.29 is 9.90 Å². The molecule has 1 aromatic carbocycles. The smallest absolute Gasteiger partial charge is 0.182 e. The number of para-hydroxylation sites is 1. The third kappa shape index (κ3) is 9.91. The Kier molecular flexibility index (Phi) is 16.0.